The van der Waals surface area contributed by atoms with Crippen LogP contribution in [-0.4, -0.2) is 39.9 Å². The molecule has 1 saturated heterocycles. The SMILES string of the molecule is Cn1nnnc1C1CNCCO1. The molecule has 1 aromatic heterocycles. The van der Waals surface area contributed by atoms with Gasteiger partial charge in [0.1, 0.15) is 6.10 Å². The van der Waals surface area contributed by atoms with Gasteiger partial charge in [0.05, 0.1) is 6.61 Å². The van der Waals surface area contributed by atoms with Crippen LogP contribution in [0.2, 0.25) is 0 Å². The minimum absolute atomic E-state index is 0.00116. The van der Waals surface area contributed by atoms with Crippen LogP contribution >= 0.6 is 0 Å². The summed E-state index contributed by atoms with van der Waals surface area (Å²) in [4.78, 5) is 0. The van der Waals surface area contributed by atoms with E-state index in [0.717, 1.165) is 25.5 Å². The molecule has 1 atom stereocenters. The second-order valence-electron chi connectivity index (χ2n) is 2.72. The average molecular weight is 169 g/mol. The normalized spacial score (nSPS) is 24.2. The first kappa shape index (κ1) is 7.63. The molecule has 2 rings (SSSR count). The first-order valence-electron chi connectivity index (χ1n) is 3.92. The quantitative estimate of drug-likeness (QED) is 0.576. The van der Waals surface area contributed by atoms with E-state index in [2.05, 4.69) is 20.8 Å². The highest BCUT2D eigenvalue weighted by molar-refractivity contribution is 4.89. The van der Waals surface area contributed by atoms with Crippen molar-refractivity contribution in [3.8, 4) is 0 Å². The van der Waals surface area contributed by atoms with Crippen LogP contribution < -0.4 is 5.32 Å². The largest absolute Gasteiger partial charge is 0.367 e. The molecule has 1 unspecified atom stereocenters. The highest BCUT2D eigenvalue weighted by Crippen LogP contribution is 2.13. The maximum Gasteiger partial charge on any atom is 0.181 e. The zero-order valence-corrected chi connectivity index (χ0v) is 6.90. The predicted octanol–water partition coefficient (Wildman–Crippen LogP) is -1.13. The third kappa shape index (κ3) is 1.30. The van der Waals surface area contributed by atoms with Crippen LogP contribution in [-0.2, 0) is 11.8 Å². The van der Waals surface area contributed by atoms with Gasteiger partial charge in [0.15, 0.2) is 5.82 Å². The zero-order valence-electron chi connectivity index (χ0n) is 6.90. The number of hydrogen-bond donors (Lipinski definition) is 1. The van der Waals surface area contributed by atoms with Crippen LogP contribution in [0.15, 0.2) is 0 Å². The average Bonchev–Trinajstić information content (AvgIpc) is 2.53. The minimum atomic E-state index is -0.00116. The molecule has 0 amide bonds. The van der Waals surface area contributed by atoms with Crippen molar-refractivity contribution >= 4 is 0 Å². The molecule has 0 spiro atoms. The Hall–Kier alpha value is -1.01. The number of ether oxygens (including phenoxy) is 1. The summed E-state index contributed by atoms with van der Waals surface area (Å²) < 4.78 is 7.11. The van der Waals surface area contributed by atoms with E-state index in [4.69, 9.17) is 4.74 Å². The van der Waals surface area contributed by atoms with Gasteiger partial charge in [-0.3, -0.25) is 0 Å². The van der Waals surface area contributed by atoms with Crippen LogP contribution in [0.5, 0.6) is 0 Å². The summed E-state index contributed by atoms with van der Waals surface area (Å²) in [5.41, 5.74) is 0. The second-order valence-corrected chi connectivity index (χ2v) is 2.72. The Bertz CT molecular complexity index is 254. The Kier molecular flexibility index (Phi) is 2.01. The number of hydrogen-bond acceptors (Lipinski definition) is 5. The third-order valence-corrected chi connectivity index (χ3v) is 1.87. The molecule has 0 aliphatic carbocycles. The van der Waals surface area contributed by atoms with Crippen LogP contribution in [0, 0.1) is 0 Å². The van der Waals surface area contributed by atoms with Gasteiger partial charge in [-0.1, -0.05) is 0 Å². The summed E-state index contributed by atoms with van der Waals surface area (Å²) >= 11 is 0. The molecule has 12 heavy (non-hydrogen) atoms. The Labute approximate surface area is 69.9 Å². The lowest BCUT2D eigenvalue weighted by Gasteiger charge is -2.21. The first-order valence-corrected chi connectivity index (χ1v) is 3.92. The van der Waals surface area contributed by atoms with Gasteiger partial charge in [-0.05, 0) is 10.4 Å². The lowest BCUT2D eigenvalue weighted by Crippen LogP contribution is -2.34. The van der Waals surface area contributed by atoms with Gasteiger partial charge in [0.2, 0.25) is 0 Å². The number of nitrogens with one attached hydrogen (secondary N) is 1. The molecule has 0 radical (unpaired) electrons. The number of tetrazole rings is 1. The molecule has 1 aliphatic rings. The summed E-state index contributed by atoms with van der Waals surface area (Å²) in [5.74, 6) is 0.780. The van der Waals surface area contributed by atoms with E-state index in [1.165, 1.54) is 0 Å². The number of aryl methyl sites for hydroxylation is 1. The highest BCUT2D eigenvalue weighted by atomic mass is 16.5. The Balaban J connectivity index is 2.13. The predicted molar refractivity (Wildman–Crippen MR) is 40.4 cm³/mol. The summed E-state index contributed by atoms with van der Waals surface area (Å²) in [5, 5.41) is 14.4. The van der Waals surface area contributed by atoms with Gasteiger partial charge in [0.25, 0.3) is 0 Å². The van der Waals surface area contributed by atoms with E-state index in [0.29, 0.717) is 0 Å². The van der Waals surface area contributed by atoms with Crippen molar-refractivity contribution in [1.82, 2.24) is 25.5 Å². The van der Waals surface area contributed by atoms with Crippen LogP contribution in [0.1, 0.15) is 11.9 Å². The van der Waals surface area contributed by atoms with E-state index in [-0.39, 0.29) is 6.10 Å². The molecule has 66 valence electrons. The van der Waals surface area contributed by atoms with Crippen molar-refractivity contribution in [1.29, 1.82) is 0 Å². The Morgan fingerprint density at radius 1 is 1.67 bits per heavy atom. The second kappa shape index (κ2) is 3.16. The van der Waals surface area contributed by atoms with Crippen molar-refractivity contribution in [2.75, 3.05) is 19.7 Å². The zero-order chi connectivity index (χ0) is 8.39. The van der Waals surface area contributed by atoms with E-state index in [1.807, 2.05) is 7.05 Å². The van der Waals surface area contributed by atoms with E-state index >= 15 is 0 Å². The van der Waals surface area contributed by atoms with E-state index in [1.54, 1.807) is 4.68 Å². The summed E-state index contributed by atoms with van der Waals surface area (Å²) in [7, 11) is 1.81. The lowest BCUT2D eigenvalue weighted by atomic mass is 10.3. The Morgan fingerprint density at radius 2 is 2.58 bits per heavy atom. The van der Waals surface area contributed by atoms with Gasteiger partial charge in [-0.2, -0.15) is 0 Å². The van der Waals surface area contributed by atoms with E-state index in [9.17, 15) is 0 Å². The summed E-state index contributed by atoms with van der Waals surface area (Å²) in [6.07, 6.45) is -0.00116. The molecule has 1 aromatic rings. The maximum absolute atomic E-state index is 5.48. The van der Waals surface area contributed by atoms with Crippen LogP contribution in [0.4, 0.5) is 0 Å². The fraction of sp³-hybridized carbons (Fsp3) is 0.833. The first-order chi connectivity index (χ1) is 5.88. The molecule has 6 nitrogen and oxygen atoms in total. The number of morpholine rings is 1. The van der Waals surface area contributed by atoms with Crippen LogP contribution in [0.25, 0.3) is 0 Å². The number of rotatable bonds is 1. The fourth-order valence-electron chi connectivity index (χ4n) is 1.24. The molecule has 1 aliphatic heterocycles. The van der Waals surface area contributed by atoms with Crippen LogP contribution in [0.3, 0.4) is 0 Å². The van der Waals surface area contributed by atoms with Crippen molar-refractivity contribution < 1.29 is 4.74 Å². The van der Waals surface area contributed by atoms with Gasteiger partial charge < -0.3 is 10.1 Å². The van der Waals surface area contributed by atoms with Gasteiger partial charge in [0, 0.05) is 20.1 Å². The summed E-state index contributed by atoms with van der Waals surface area (Å²) in [6.45, 7) is 2.41. The van der Waals surface area contributed by atoms with Gasteiger partial charge in [-0.15, -0.1) is 5.10 Å². The summed E-state index contributed by atoms with van der Waals surface area (Å²) in [6, 6.07) is 0. The van der Waals surface area contributed by atoms with Crippen molar-refractivity contribution in [2.45, 2.75) is 6.10 Å². The van der Waals surface area contributed by atoms with Crippen molar-refractivity contribution in [3.05, 3.63) is 5.82 Å². The standard InChI is InChI=1S/C6H11N5O/c1-11-6(8-9-10-11)5-4-7-2-3-12-5/h5,7H,2-4H2,1H3. The minimum Gasteiger partial charge on any atom is -0.367 e. The highest BCUT2D eigenvalue weighted by Gasteiger charge is 2.20. The molecule has 0 saturated carbocycles. The molecule has 0 bridgehead atoms. The topological polar surface area (TPSA) is 64.9 Å². The molecule has 1 N–H and O–H groups in total. The Morgan fingerprint density at radius 3 is 3.17 bits per heavy atom. The molecular weight excluding hydrogens is 158 g/mol. The molecule has 1 fully saturated rings. The monoisotopic (exact) mass is 169 g/mol. The molecule has 2 heterocycles. The van der Waals surface area contributed by atoms with E-state index < -0.39 is 0 Å². The molecular formula is C6H11N5O. The number of aromatic nitrogens is 4. The van der Waals surface area contributed by atoms with Gasteiger partial charge in [-0.25, -0.2) is 4.68 Å². The maximum atomic E-state index is 5.48. The lowest BCUT2D eigenvalue weighted by molar-refractivity contribution is 0.0198. The number of nitrogens with zero attached hydrogens (tertiary/aromatic N) is 4. The smallest absolute Gasteiger partial charge is 0.181 e. The van der Waals surface area contributed by atoms with Gasteiger partial charge >= 0.3 is 0 Å². The third-order valence-electron chi connectivity index (χ3n) is 1.87. The molecule has 6 heteroatoms. The fourth-order valence-corrected chi connectivity index (χ4v) is 1.24. The van der Waals surface area contributed by atoms with Crippen molar-refractivity contribution in [2.24, 2.45) is 7.05 Å². The molecule has 0 aromatic carbocycles. The van der Waals surface area contributed by atoms with Crippen molar-refractivity contribution in [3.63, 3.8) is 0 Å².